The Hall–Kier alpha value is -4.54. The van der Waals surface area contributed by atoms with Crippen LogP contribution in [0.4, 0.5) is 28.0 Å². The van der Waals surface area contributed by atoms with Gasteiger partial charge in [0.05, 0.1) is 13.3 Å². The predicted molar refractivity (Wildman–Crippen MR) is 181 cm³/mol. The molecule has 276 valence electrons. The maximum absolute atomic E-state index is 14.4. The summed E-state index contributed by atoms with van der Waals surface area (Å²) in [6, 6.07) is 6.96. The van der Waals surface area contributed by atoms with Gasteiger partial charge in [0, 0.05) is 34.6 Å². The number of nitrogens with one attached hydrogen (secondary N) is 3. The molecule has 1 heterocycles. The summed E-state index contributed by atoms with van der Waals surface area (Å²) in [7, 11) is 0.554. The van der Waals surface area contributed by atoms with Crippen molar-refractivity contribution in [3.63, 3.8) is 0 Å². The Morgan fingerprint density at radius 3 is 2.18 bits per heavy atom. The molecule has 0 aliphatic heterocycles. The predicted octanol–water partition coefficient (Wildman–Crippen LogP) is 6.06. The molecule has 17 heteroatoms. The van der Waals surface area contributed by atoms with Crippen LogP contribution in [-0.4, -0.2) is 70.1 Å². The van der Waals surface area contributed by atoms with E-state index in [1.807, 2.05) is 24.3 Å². The number of esters is 1. The number of halogens is 5. The van der Waals surface area contributed by atoms with E-state index in [1.165, 1.54) is 24.3 Å². The minimum Gasteiger partial charge on any atom is -0.464 e. The van der Waals surface area contributed by atoms with Crippen LogP contribution >= 0.6 is 15.9 Å². The SMILES string of the molecule is COC(=O)C(F)(F)C(F)(F)n1cc(-c2ccc(NC(=O)[C@H](Cc3ccc(Br)cc3)NC(=O)[C@H]3CC[C@H](CNC(=O)OC(C)(C)C)CC3)cc2)nn1. The topological polar surface area (TPSA) is 154 Å². The van der Waals surface area contributed by atoms with Crippen molar-refractivity contribution in [2.24, 2.45) is 11.8 Å². The van der Waals surface area contributed by atoms with Gasteiger partial charge in [0.15, 0.2) is 0 Å². The van der Waals surface area contributed by atoms with Crippen LogP contribution in [0.15, 0.2) is 59.2 Å². The summed E-state index contributed by atoms with van der Waals surface area (Å²) in [5.41, 5.74) is 0.486. The van der Waals surface area contributed by atoms with E-state index >= 15 is 0 Å². The second-order valence-electron chi connectivity index (χ2n) is 13.2. The lowest BCUT2D eigenvalue weighted by Crippen LogP contribution is -2.49. The van der Waals surface area contributed by atoms with E-state index in [1.54, 1.807) is 20.8 Å². The number of alkyl carbamates (subject to hydrolysis) is 1. The molecule has 1 saturated carbocycles. The van der Waals surface area contributed by atoms with Gasteiger partial charge in [-0.2, -0.15) is 22.2 Å². The Balaban J connectivity index is 1.40. The Bertz CT molecular complexity index is 1690. The molecule has 1 aliphatic carbocycles. The molecule has 12 nitrogen and oxygen atoms in total. The standard InChI is InChI=1S/C34H39BrF4N6O6/c1-32(2,3)51-31(49)40-18-21-5-9-23(10-6-21)28(46)42-26(17-20-7-13-24(35)14-8-20)29(47)41-25-15-11-22(12-16-25)27-19-45(44-43-27)34(38,39)33(36,37)30(48)50-4/h7-8,11-16,19,21,23,26H,5-6,9-10,17-18H2,1-4H3,(H,40,49)(H,41,47)(H,42,46)/t21-,23-,26-/m0/s1. The molecule has 3 N–H and O–H groups in total. The largest absolute Gasteiger partial charge is 0.464 e. The number of carbonyl (C=O) groups is 4. The highest BCUT2D eigenvalue weighted by atomic mass is 79.9. The number of amides is 3. The van der Waals surface area contributed by atoms with Crippen LogP contribution in [0, 0.1) is 11.8 Å². The minimum atomic E-state index is -5.21. The molecule has 1 atom stereocenters. The highest BCUT2D eigenvalue weighted by Gasteiger charge is 2.65. The van der Waals surface area contributed by atoms with Crippen LogP contribution < -0.4 is 16.0 Å². The smallest absolute Gasteiger partial charge is 0.426 e. The van der Waals surface area contributed by atoms with E-state index in [9.17, 15) is 36.7 Å². The average Bonchev–Trinajstić information content (AvgIpc) is 3.59. The van der Waals surface area contributed by atoms with Crippen LogP contribution in [0.25, 0.3) is 11.3 Å². The molecule has 0 bridgehead atoms. The Kier molecular flexibility index (Phi) is 12.5. The highest BCUT2D eigenvalue weighted by Crippen LogP contribution is 2.39. The van der Waals surface area contributed by atoms with E-state index in [0.29, 0.717) is 51.2 Å². The number of alkyl halides is 4. The van der Waals surface area contributed by atoms with Gasteiger partial charge < -0.3 is 25.4 Å². The number of ether oxygens (including phenoxy) is 2. The summed E-state index contributed by atoms with van der Waals surface area (Å²) in [4.78, 5) is 50.2. The third kappa shape index (κ3) is 10.3. The van der Waals surface area contributed by atoms with Crippen LogP contribution in [-0.2, 0) is 36.3 Å². The molecule has 51 heavy (non-hydrogen) atoms. The van der Waals surface area contributed by atoms with Crippen molar-refractivity contribution in [1.29, 1.82) is 0 Å². The minimum absolute atomic E-state index is 0.186. The van der Waals surface area contributed by atoms with Gasteiger partial charge in [-0.25, -0.2) is 9.59 Å². The van der Waals surface area contributed by atoms with Crippen LogP contribution in [0.5, 0.6) is 0 Å². The molecule has 3 amide bonds. The zero-order valence-electron chi connectivity index (χ0n) is 28.4. The van der Waals surface area contributed by atoms with Gasteiger partial charge >= 0.3 is 24.0 Å². The molecule has 1 aromatic heterocycles. The zero-order chi connectivity index (χ0) is 37.6. The van der Waals surface area contributed by atoms with Crippen molar-refractivity contribution in [2.75, 3.05) is 19.0 Å². The Morgan fingerprint density at radius 2 is 1.59 bits per heavy atom. The molecule has 3 aromatic rings. The maximum atomic E-state index is 14.4. The lowest BCUT2D eigenvalue weighted by Gasteiger charge is -2.29. The van der Waals surface area contributed by atoms with E-state index < -0.39 is 46.3 Å². The lowest BCUT2D eigenvalue weighted by molar-refractivity contribution is -0.266. The van der Waals surface area contributed by atoms with Crippen LogP contribution in [0.1, 0.15) is 52.0 Å². The number of anilines is 1. The fourth-order valence-corrected chi connectivity index (χ4v) is 5.67. The molecular weight excluding hydrogens is 744 g/mol. The molecule has 1 aliphatic rings. The number of hydrogen-bond acceptors (Lipinski definition) is 8. The first-order valence-electron chi connectivity index (χ1n) is 16.1. The van der Waals surface area contributed by atoms with Crippen molar-refractivity contribution in [1.82, 2.24) is 25.6 Å². The second-order valence-corrected chi connectivity index (χ2v) is 14.1. The summed E-state index contributed by atoms with van der Waals surface area (Å²) in [6.45, 7) is 5.79. The zero-order valence-corrected chi connectivity index (χ0v) is 29.9. The van der Waals surface area contributed by atoms with Gasteiger partial charge in [-0.1, -0.05) is 45.4 Å². The molecule has 2 aromatic carbocycles. The van der Waals surface area contributed by atoms with Gasteiger partial charge in [-0.3, -0.25) is 9.59 Å². The number of rotatable bonds is 12. The average molecular weight is 784 g/mol. The fourth-order valence-electron chi connectivity index (χ4n) is 5.41. The first kappa shape index (κ1) is 39.2. The fraction of sp³-hybridized carbons (Fsp3) is 0.471. The maximum Gasteiger partial charge on any atom is 0.426 e. The number of hydrogen-bond donors (Lipinski definition) is 3. The molecule has 0 saturated heterocycles. The molecule has 1 fully saturated rings. The number of carbonyl (C=O) groups excluding carboxylic acids is 4. The summed E-state index contributed by atoms with van der Waals surface area (Å²) >= 11 is 3.39. The number of benzene rings is 2. The van der Waals surface area contributed by atoms with Crippen molar-refractivity contribution < 1.29 is 46.2 Å². The number of methoxy groups -OCH3 is 1. The summed E-state index contributed by atoms with van der Waals surface area (Å²) in [5, 5.41) is 15.0. The van der Waals surface area contributed by atoms with Gasteiger partial charge in [-0.05, 0) is 82.2 Å². The van der Waals surface area contributed by atoms with E-state index in [0.717, 1.165) is 10.0 Å². The van der Waals surface area contributed by atoms with Crippen molar-refractivity contribution in [2.45, 2.75) is 76.5 Å². The van der Waals surface area contributed by atoms with Crippen LogP contribution in [0.3, 0.4) is 0 Å². The Morgan fingerprint density at radius 1 is 0.961 bits per heavy atom. The lowest BCUT2D eigenvalue weighted by atomic mass is 9.81. The van der Waals surface area contributed by atoms with Gasteiger partial charge in [0.1, 0.15) is 17.3 Å². The number of nitrogens with zero attached hydrogens (tertiary/aromatic N) is 3. The monoisotopic (exact) mass is 782 g/mol. The summed E-state index contributed by atoms with van der Waals surface area (Å²) in [6.07, 6.45) is 2.84. The third-order valence-electron chi connectivity index (χ3n) is 8.19. The van der Waals surface area contributed by atoms with Gasteiger partial charge in [0.25, 0.3) is 0 Å². The normalized spacial score (nSPS) is 17.2. The summed E-state index contributed by atoms with van der Waals surface area (Å²) < 4.78 is 66.3. The second kappa shape index (κ2) is 16.2. The molecule has 0 unspecified atom stereocenters. The van der Waals surface area contributed by atoms with E-state index in [2.05, 4.69) is 46.9 Å². The Labute approximate surface area is 300 Å². The van der Waals surface area contributed by atoms with Crippen molar-refractivity contribution in [3.8, 4) is 11.3 Å². The van der Waals surface area contributed by atoms with Crippen molar-refractivity contribution in [3.05, 3.63) is 64.8 Å². The number of aromatic nitrogens is 3. The molecule has 0 spiro atoms. The summed E-state index contributed by atoms with van der Waals surface area (Å²) in [5.74, 6) is -8.55. The first-order valence-corrected chi connectivity index (χ1v) is 16.9. The van der Waals surface area contributed by atoms with Gasteiger partial charge in [-0.15, -0.1) is 5.10 Å². The van der Waals surface area contributed by atoms with Crippen molar-refractivity contribution >= 4 is 45.5 Å². The van der Waals surface area contributed by atoms with E-state index in [-0.39, 0.29) is 35.4 Å². The molecule has 0 radical (unpaired) electrons. The van der Waals surface area contributed by atoms with E-state index in [4.69, 9.17) is 4.74 Å². The quantitative estimate of drug-likeness (QED) is 0.148. The third-order valence-corrected chi connectivity index (χ3v) is 8.72. The van der Waals surface area contributed by atoms with Gasteiger partial charge in [0.2, 0.25) is 11.8 Å². The molecular formula is C34H39BrF4N6O6. The first-order chi connectivity index (χ1) is 23.9. The molecule has 4 rings (SSSR count). The highest BCUT2D eigenvalue weighted by molar-refractivity contribution is 9.10. The van der Waals surface area contributed by atoms with Crippen LogP contribution in [0.2, 0.25) is 0 Å².